The molecule has 4 heteroatoms. The Morgan fingerprint density at radius 2 is 1.84 bits per heavy atom. The summed E-state index contributed by atoms with van der Waals surface area (Å²) in [4.78, 5) is 0. The van der Waals surface area contributed by atoms with Gasteiger partial charge in [-0.15, -0.1) is 0 Å². The highest BCUT2D eigenvalue weighted by Gasteiger charge is 2.42. The summed E-state index contributed by atoms with van der Waals surface area (Å²) in [6.07, 6.45) is 10.5. The molecule has 3 aliphatic rings. The summed E-state index contributed by atoms with van der Waals surface area (Å²) in [5.74, 6) is 9.99. The molecule has 3 nitrogen and oxygen atoms in total. The van der Waals surface area contributed by atoms with Gasteiger partial charge >= 0.3 is 0 Å². The smallest absolute Gasteiger partial charge is 0.0701 e. The summed E-state index contributed by atoms with van der Waals surface area (Å²) in [6, 6.07) is 0.526. The normalized spacial score (nSPS) is 33.6. The van der Waals surface area contributed by atoms with E-state index in [1.54, 1.807) is 0 Å². The minimum Gasteiger partial charge on any atom is -0.375 e. The molecule has 2 unspecified atom stereocenters. The second-order valence-electron chi connectivity index (χ2n) is 6.63. The number of thioether (sulfide) groups is 1. The van der Waals surface area contributed by atoms with E-state index in [1.807, 2.05) is 0 Å². The van der Waals surface area contributed by atoms with Gasteiger partial charge in [-0.2, -0.15) is 11.8 Å². The van der Waals surface area contributed by atoms with Crippen molar-refractivity contribution >= 4 is 11.8 Å². The van der Waals surface area contributed by atoms with Crippen molar-refractivity contribution < 1.29 is 4.74 Å². The highest BCUT2D eigenvalue weighted by molar-refractivity contribution is 7.99. The molecule has 2 heterocycles. The lowest BCUT2D eigenvalue weighted by Crippen LogP contribution is -2.52. The molecule has 2 aliphatic heterocycles. The fourth-order valence-corrected chi connectivity index (χ4v) is 5.67. The topological polar surface area (TPSA) is 47.3 Å². The molecule has 2 atom stereocenters. The molecule has 1 saturated carbocycles. The van der Waals surface area contributed by atoms with Crippen LogP contribution in [0.3, 0.4) is 0 Å². The maximum Gasteiger partial charge on any atom is 0.0701 e. The molecule has 2 saturated heterocycles. The largest absolute Gasteiger partial charge is 0.375 e. The lowest BCUT2D eigenvalue weighted by molar-refractivity contribution is -0.110. The summed E-state index contributed by atoms with van der Waals surface area (Å²) < 4.78 is 6.21. The van der Waals surface area contributed by atoms with Crippen LogP contribution in [0.1, 0.15) is 51.4 Å². The van der Waals surface area contributed by atoms with Crippen molar-refractivity contribution in [3.8, 4) is 0 Å². The maximum absolute atomic E-state index is 6.21. The molecule has 0 aromatic rings. The fourth-order valence-electron chi connectivity index (χ4n) is 4.44. The minimum absolute atomic E-state index is 0.196. The Labute approximate surface area is 121 Å². The second kappa shape index (κ2) is 6.33. The molecular formula is C15H28N2OS. The Bertz CT molecular complexity index is 282. The second-order valence-corrected chi connectivity index (χ2v) is 7.86. The zero-order chi connectivity index (χ0) is 13.1. The molecule has 3 fully saturated rings. The van der Waals surface area contributed by atoms with E-state index < -0.39 is 0 Å². The average molecular weight is 284 g/mol. The van der Waals surface area contributed by atoms with Crippen LogP contribution in [0.25, 0.3) is 0 Å². The first-order valence-electron chi connectivity index (χ1n) is 8.01. The molecule has 1 aliphatic carbocycles. The quantitative estimate of drug-likeness (QED) is 0.618. The molecule has 110 valence electrons. The maximum atomic E-state index is 6.21. The number of nitrogens with two attached hydrogens (primary N) is 1. The van der Waals surface area contributed by atoms with E-state index in [1.165, 1.54) is 62.9 Å². The molecule has 0 radical (unpaired) electrons. The van der Waals surface area contributed by atoms with Gasteiger partial charge in [-0.05, 0) is 61.9 Å². The molecule has 3 rings (SSSR count). The van der Waals surface area contributed by atoms with E-state index in [2.05, 4.69) is 17.2 Å². The Morgan fingerprint density at radius 3 is 2.53 bits per heavy atom. The lowest BCUT2D eigenvalue weighted by atomic mass is 9.75. The SMILES string of the molecule is NNC(C1CCCC1)C1CCOC2(CCSCC2)C1. The zero-order valence-electron chi connectivity index (χ0n) is 11.9. The van der Waals surface area contributed by atoms with Crippen LogP contribution in [0, 0.1) is 11.8 Å². The first-order valence-corrected chi connectivity index (χ1v) is 9.16. The molecular weight excluding hydrogens is 256 g/mol. The highest BCUT2D eigenvalue weighted by Crippen LogP contribution is 2.43. The van der Waals surface area contributed by atoms with Gasteiger partial charge in [0.25, 0.3) is 0 Å². The van der Waals surface area contributed by atoms with Gasteiger partial charge in [0.05, 0.1) is 5.60 Å². The van der Waals surface area contributed by atoms with Crippen LogP contribution in [0.2, 0.25) is 0 Å². The summed E-state index contributed by atoms with van der Waals surface area (Å²) in [5, 5.41) is 0. The van der Waals surface area contributed by atoms with Gasteiger partial charge in [-0.25, -0.2) is 0 Å². The monoisotopic (exact) mass is 284 g/mol. The van der Waals surface area contributed by atoms with Gasteiger partial charge < -0.3 is 4.74 Å². The predicted molar refractivity (Wildman–Crippen MR) is 81.0 cm³/mol. The van der Waals surface area contributed by atoms with Crippen LogP contribution in [0.15, 0.2) is 0 Å². The van der Waals surface area contributed by atoms with Crippen molar-refractivity contribution in [2.24, 2.45) is 17.7 Å². The molecule has 19 heavy (non-hydrogen) atoms. The van der Waals surface area contributed by atoms with Gasteiger partial charge in [-0.1, -0.05) is 12.8 Å². The van der Waals surface area contributed by atoms with Crippen LogP contribution in [-0.2, 0) is 4.74 Å². The van der Waals surface area contributed by atoms with Crippen LogP contribution in [0.5, 0.6) is 0 Å². The van der Waals surface area contributed by atoms with E-state index in [9.17, 15) is 0 Å². The number of nitrogens with one attached hydrogen (secondary N) is 1. The van der Waals surface area contributed by atoms with Gasteiger partial charge in [0.2, 0.25) is 0 Å². The first kappa shape index (κ1) is 14.2. The van der Waals surface area contributed by atoms with Gasteiger partial charge in [0.15, 0.2) is 0 Å². The number of ether oxygens (including phenoxy) is 1. The van der Waals surface area contributed by atoms with E-state index in [0.717, 1.165) is 18.4 Å². The summed E-state index contributed by atoms with van der Waals surface area (Å²) in [5.41, 5.74) is 3.37. The van der Waals surface area contributed by atoms with Crippen molar-refractivity contribution in [3.05, 3.63) is 0 Å². The van der Waals surface area contributed by atoms with Crippen LogP contribution >= 0.6 is 11.8 Å². The zero-order valence-corrected chi connectivity index (χ0v) is 12.7. The predicted octanol–water partition coefficient (Wildman–Crippen LogP) is 2.70. The van der Waals surface area contributed by atoms with E-state index in [-0.39, 0.29) is 5.60 Å². The molecule has 3 N–H and O–H groups in total. The Balaban J connectivity index is 1.65. The van der Waals surface area contributed by atoms with Crippen molar-refractivity contribution in [1.29, 1.82) is 0 Å². The van der Waals surface area contributed by atoms with Crippen LogP contribution in [-0.4, -0.2) is 29.8 Å². The Kier molecular flexibility index (Phi) is 4.73. The number of hydrogen-bond acceptors (Lipinski definition) is 4. The molecule has 0 bridgehead atoms. The molecule has 0 amide bonds. The third-order valence-electron chi connectivity index (χ3n) is 5.54. The fraction of sp³-hybridized carbons (Fsp3) is 1.00. The third-order valence-corrected chi connectivity index (χ3v) is 6.53. The first-order chi connectivity index (χ1) is 9.33. The van der Waals surface area contributed by atoms with E-state index >= 15 is 0 Å². The summed E-state index contributed by atoms with van der Waals surface area (Å²) >= 11 is 2.08. The molecule has 0 aromatic carbocycles. The average Bonchev–Trinajstić information content (AvgIpc) is 2.95. The van der Waals surface area contributed by atoms with Gasteiger partial charge in [0.1, 0.15) is 0 Å². The van der Waals surface area contributed by atoms with Crippen LogP contribution < -0.4 is 11.3 Å². The lowest BCUT2D eigenvalue weighted by Gasteiger charge is -2.46. The standard InChI is InChI=1S/C15H28N2OS/c16-17-14(12-3-1-2-4-12)13-5-8-18-15(11-13)6-9-19-10-7-15/h12-14,17H,1-11,16H2. The van der Waals surface area contributed by atoms with Crippen molar-refractivity contribution in [2.45, 2.75) is 63.0 Å². The summed E-state index contributed by atoms with van der Waals surface area (Å²) in [7, 11) is 0. The van der Waals surface area contributed by atoms with Gasteiger partial charge in [0, 0.05) is 12.6 Å². The summed E-state index contributed by atoms with van der Waals surface area (Å²) in [6.45, 7) is 0.945. The number of hydrogen-bond donors (Lipinski definition) is 2. The Morgan fingerprint density at radius 1 is 1.11 bits per heavy atom. The third kappa shape index (κ3) is 3.12. The minimum atomic E-state index is 0.196. The molecule has 0 aromatic heterocycles. The van der Waals surface area contributed by atoms with Crippen molar-refractivity contribution in [1.82, 2.24) is 5.43 Å². The van der Waals surface area contributed by atoms with Crippen molar-refractivity contribution in [2.75, 3.05) is 18.1 Å². The Hall–Kier alpha value is 0.230. The van der Waals surface area contributed by atoms with E-state index in [4.69, 9.17) is 10.6 Å². The van der Waals surface area contributed by atoms with Crippen molar-refractivity contribution in [3.63, 3.8) is 0 Å². The number of rotatable bonds is 3. The highest BCUT2D eigenvalue weighted by atomic mass is 32.2. The molecule has 1 spiro atoms. The van der Waals surface area contributed by atoms with E-state index in [0.29, 0.717) is 6.04 Å². The number of hydrazine groups is 1. The van der Waals surface area contributed by atoms with Gasteiger partial charge in [-0.3, -0.25) is 11.3 Å². The van der Waals surface area contributed by atoms with Crippen LogP contribution in [0.4, 0.5) is 0 Å².